The van der Waals surface area contributed by atoms with Crippen molar-refractivity contribution in [2.45, 2.75) is 33.6 Å². The molecule has 1 fully saturated rings. The van der Waals surface area contributed by atoms with Crippen molar-refractivity contribution in [1.82, 2.24) is 9.88 Å². The van der Waals surface area contributed by atoms with E-state index in [-0.39, 0.29) is 17.7 Å². The van der Waals surface area contributed by atoms with Gasteiger partial charge in [0.2, 0.25) is 11.8 Å². The van der Waals surface area contributed by atoms with Gasteiger partial charge >= 0.3 is 0 Å². The third-order valence-corrected chi connectivity index (χ3v) is 5.46. The van der Waals surface area contributed by atoms with Crippen molar-refractivity contribution >= 4 is 28.3 Å². The lowest BCUT2D eigenvalue weighted by molar-refractivity contribution is -0.132. The highest BCUT2D eigenvalue weighted by Crippen LogP contribution is 2.28. The average molecular weight is 357 g/mol. The molecular formula is C19H23N3O2S. The lowest BCUT2D eigenvalue weighted by Gasteiger charge is -2.30. The number of rotatable bonds is 3. The minimum absolute atomic E-state index is 0.00438. The number of aromatic nitrogens is 1. The Morgan fingerprint density at radius 1 is 1.24 bits per heavy atom. The van der Waals surface area contributed by atoms with Crippen LogP contribution in [0.3, 0.4) is 0 Å². The van der Waals surface area contributed by atoms with Gasteiger partial charge in [-0.2, -0.15) is 0 Å². The summed E-state index contributed by atoms with van der Waals surface area (Å²) >= 11 is 1.45. The Bertz CT molecular complexity index is 792. The molecule has 3 rings (SSSR count). The quantitative estimate of drug-likeness (QED) is 0.912. The zero-order valence-electron chi connectivity index (χ0n) is 14.8. The van der Waals surface area contributed by atoms with Crippen molar-refractivity contribution in [1.29, 1.82) is 0 Å². The van der Waals surface area contributed by atoms with Gasteiger partial charge in [-0.25, -0.2) is 4.98 Å². The monoisotopic (exact) mass is 357 g/mol. The second-order valence-electron chi connectivity index (χ2n) is 6.63. The molecule has 2 aromatic rings. The molecule has 6 heteroatoms. The topological polar surface area (TPSA) is 62.3 Å². The molecule has 2 heterocycles. The van der Waals surface area contributed by atoms with E-state index in [4.69, 9.17) is 0 Å². The van der Waals surface area contributed by atoms with Crippen molar-refractivity contribution in [3.05, 3.63) is 34.7 Å². The van der Waals surface area contributed by atoms with E-state index in [9.17, 15) is 9.59 Å². The minimum atomic E-state index is -0.0518. The van der Waals surface area contributed by atoms with Crippen LogP contribution in [0.5, 0.6) is 0 Å². The number of anilines is 1. The van der Waals surface area contributed by atoms with Gasteiger partial charge in [-0.3, -0.25) is 9.59 Å². The summed E-state index contributed by atoms with van der Waals surface area (Å²) in [6.07, 6.45) is 1.42. The van der Waals surface area contributed by atoms with Crippen molar-refractivity contribution in [2.75, 3.05) is 18.4 Å². The number of carbonyl (C=O) groups is 2. The van der Waals surface area contributed by atoms with Crippen LogP contribution in [-0.4, -0.2) is 34.8 Å². The maximum atomic E-state index is 12.5. The zero-order valence-corrected chi connectivity index (χ0v) is 15.7. The highest BCUT2D eigenvalue weighted by atomic mass is 32.1. The average Bonchev–Trinajstić information content (AvgIpc) is 3.03. The van der Waals surface area contributed by atoms with Crippen molar-refractivity contribution in [3.8, 4) is 11.3 Å². The maximum Gasteiger partial charge on any atom is 0.229 e. The van der Waals surface area contributed by atoms with Crippen LogP contribution in [0.25, 0.3) is 11.3 Å². The van der Waals surface area contributed by atoms with Crippen LogP contribution in [0, 0.1) is 19.8 Å². The summed E-state index contributed by atoms with van der Waals surface area (Å²) in [5.74, 6) is 0.0330. The van der Waals surface area contributed by atoms with E-state index >= 15 is 0 Å². The molecule has 0 spiro atoms. The van der Waals surface area contributed by atoms with Gasteiger partial charge < -0.3 is 10.2 Å². The largest absolute Gasteiger partial charge is 0.343 e. The summed E-state index contributed by atoms with van der Waals surface area (Å²) in [5, 5.41) is 5.55. The third-order valence-electron chi connectivity index (χ3n) is 4.70. The number of thiazole rings is 1. The first kappa shape index (κ1) is 17.6. The Hall–Kier alpha value is -2.21. The van der Waals surface area contributed by atoms with Gasteiger partial charge in [-0.1, -0.05) is 23.8 Å². The summed E-state index contributed by atoms with van der Waals surface area (Å²) < 4.78 is 0. The molecule has 1 N–H and O–H groups in total. The van der Waals surface area contributed by atoms with Gasteiger partial charge in [0, 0.05) is 36.9 Å². The number of hydrogen-bond donors (Lipinski definition) is 1. The number of nitrogens with one attached hydrogen (secondary N) is 1. The number of piperidine rings is 1. The molecule has 0 unspecified atom stereocenters. The fourth-order valence-corrected chi connectivity index (χ4v) is 3.93. The molecule has 1 aromatic heterocycles. The molecule has 1 aliphatic heterocycles. The Morgan fingerprint density at radius 3 is 2.60 bits per heavy atom. The Morgan fingerprint density at radius 2 is 1.96 bits per heavy atom. The van der Waals surface area contributed by atoms with Crippen LogP contribution in [0.1, 0.15) is 30.9 Å². The number of benzene rings is 1. The summed E-state index contributed by atoms with van der Waals surface area (Å²) in [7, 11) is 0. The molecule has 0 atom stereocenters. The normalized spacial score (nSPS) is 15.2. The standard InChI is InChI=1S/C19H23N3O2S/c1-12-4-5-16(13(2)10-12)17-11-25-19(20-17)21-18(24)15-6-8-22(9-7-15)14(3)23/h4-5,10-11,15H,6-9H2,1-3H3,(H,20,21,24). The summed E-state index contributed by atoms with van der Waals surface area (Å²) in [6.45, 7) is 7.02. The van der Waals surface area contributed by atoms with Crippen molar-refractivity contribution in [2.24, 2.45) is 5.92 Å². The molecule has 0 radical (unpaired) electrons. The van der Waals surface area contributed by atoms with E-state index in [0.29, 0.717) is 31.1 Å². The molecular weight excluding hydrogens is 334 g/mol. The lowest BCUT2D eigenvalue weighted by atomic mass is 9.96. The third kappa shape index (κ3) is 4.07. The summed E-state index contributed by atoms with van der Waals surface area (Å²) in [6, 6.07) is 6.28. The van der Waals surface area contributed by atoms with Gasteiger partial charge in [-0.05, 0) is 32.3 Å². The van der Waals surface area contributed by atoms with E-state index in [1.807, 2.05) is 5.38 Å². The van der Waals surface area contributed by atoms with E-state index in [1.54, 1.807) is 11.8 Å². The summed E-state index contributed by atoms with van der Waals surface area (Å²) in [5.41, 5.74) is 4.39. The highest BCUT2D eigenvalue weighted by Gasteiger charge is 2.26. The van der Waals surface area contributed by atoms with Crippen molar-refractivity contribution < 1.29 is 9.59 Å². The Balaban J connectivity index is 1.63. The highest BCUT2D eigenvalue weighted by molar-refractivity contribution is 7.14. The summed E-state index contributed by atoms with van der Waals surface area (Å²) in [4.78, 5) is 30.2. The first-order valence-electron chi connectivity index (χ1n) is 8.53. The predicted octanol–water partition coefficient (Wildman–Crippen LogP) is 3.62. The van der Waals surface area contributed by atoms with Gasteiger partial charge in [0.05, 0.1) is 5.69 Å². The minimum Gasteiger partial charge on any atom is -0.343 e. The van der Waals surface area contributed by atoms with E-state index in [0.717, 1.165) is 11.3 Å². The van der Waals surface area contributed by atoms with E-state index in [1.165, 1.54) is 22.5 Å². The molecule has 1 aromatic carbocycles. The number of aryl methyl sites for hydroxylation is 2. The Labute approximate surface area is 152 Å². The molecule has 0 saturated carbocycles. The van der Waals surface area contributed by atoms with Gasteiger partial charge in [0.25, 0.3) is 0 Å². The van der Waals surface area contributed by atoms with Gasteiger partial charge in [0.1, 0.15) is 0 Å². The second kappa shape index (κ2) is 7.35. The van der Waals surface area contributed by atoms with Crippen molar-refractivity contribution in [3.63, 3.8) is 0 Å². The maximum absolute atomic E-state index is 12.5. The molecule has 132 valence electrons. The molecule has 2 amide bonds. The number of carbonyl (C=O) groups excluding carboxylic acids is 2. The Kier molecular flexibility index (Phi) is 5.18. The number of hydrogen-bond acceptors (Lipinski definition) is 4. The van der Waals surface area contributed by atoms with E-state index in [2.05, 4.69) is 42.3 Å². The number of nitrogens with zero attached hydrogens (tertiary/aromatic N) is 2. The SMILES string of the molecule is CC(=O)N1CCC(C(=O)Nc2nc(-c3ccc(C)cc3C)cs2)CC1. The molecule has 5 nitrogen and oxygen atoms in total. The molecule has 25 heavy (non-hydrogen) atoms. The molecule has 0 bridgehead atoms. The molecule has 1 aliphatic rings. The first-order valence-corrected chi connectivity index (χ1v) is 9.41. The van der Waals surface area contributed by atoms with Gasteiger partial charge in [0.15, 0.2) is 5.13 Å². The fraction of sp³-hybridized carbons (Fsp3) is 0.421. The molecule has 0 aliphatic carbocycles. The van der Waals surface area contributed by atoms with E-state index < -0.39 is 0 Å². The number of amides is 2. The van der Waals surface area contributed by atoms with Crippen LogP contribution < -0.4 is 5.32 Å². The first-order chi connectivity index (χ1) is 11.9. The van der Waals surface area contributed by atoms with Gasteiger partial charge in [-0.15, -0.1) is 11.3 Å². The zero-order chi connectivity index (χ0) is 18.0. The van der Waals surface area contributed by atoms with Crippen LogP contribution in [0.15, 0.2) is 23.6 Å². The van der Waals surface area contributed by atoms with Crippen LogP contribution in [0.4, 0.5) is 5.13 Å². The predicted molar refractivity (Wildman–Crippen MR) is 101 cm³/mol. The van der Waals surface area contributed by atoms with Crippen LogP contribution in [0.2, 0.25) is 0 Å². The lowest BCUT2D eigenvalue weighted by Crippen LogP contribution is -2.40. The smallest absolute Gasteiger partial charge is 0.229 e. The van der Waals surface area contributed by atoms with Crippen LogP contribution in [-0.2, 0) is 9.59 Å². The van der Waals surface area contributed by atoms with Crippen LogP contribution >= 0.6 is 11.3 Å². The fourth-order valence-electron chi connectivity index (χ4n) is 3.22. The number of likely N-dealkylation sites (tertiary alicyclic amines) is 1. The second-order valence-corrected chi connectivity index (χ2v) is 7.48. The molecule has 1 saturated heterocycles.